The lowest BCUT2D eigenvalue weighted by Gasteiger charge is -2.16. The van der Waals surface area contributed by atoms with Crippen LogP contribution in [0.5, 0.6) is 0 Å². The van der Waals surface area contributed by atoms with E-state index in [1.165, 1.54) is 18.2 Å². The predicted octanol–water partition coefficient (Wildman–Crippen LogP) is 3.04. The van der Waals surface area contributed by atoms with E-state index in [1.54, 1.807) is 18.5 Å². The summed E-state index contributed by atoms with van der Waals surface area (Å²) in [4.78, 5) is 4.07. The van der Waals surface area contributed by atoms with E-state index in [-0.39, 0.29) is 0 Å². The van der Waals surface area contributed by atoms with Gasteiger partial charge in [0.15, 0.2) is 0 Å². The van der Waals surface area contributed by atoms with Crippen molar-refractivity contribution in [2.75, 3.05) is 5.73 Å². The summed E-state index contributed by atoms with van der Waals surface area (Å²) in [7, 11) is 0. The van der Waals surface area contributed by atoms with E-state index in [0.717, 1.165) is 10.8 Å². The van der Waals surface area contributed by atoms with E-state index < -0.39 is 11.9 Å². The number of fused-ring (bicyclic) bond motifs is 1. The molecule has 2 aromatic carbocycles. The van der Waals surface area contributed by atoms with Gasteiger partial charge in [0.1, 0.15) is 11.9 Å². The minimum atomic E-state index is -0.987. The molecular weight excluding hydrogens is 255 g/mol. The number of rotatable bonds is 2. The number of anilines is 1. The smallest absolute Gasteiger partial charge is 0.123 e. The van der Waals surface area contributed by atoms with E-state index in [1.807, 2.05) is 18.2 Å². The van der Waals surface area contributed by atoms with Crippen molar-refractivity contribution in [1.82, 2.24) is 4.98 Å². The number of nitrogen functional groups attached to an aromatic ring is 1. The van der Waals surface area contributed by atoms with Crippen molar-refractivity contribution in [2.24, 2.45) is 0 Å². The highest BCUT2D eigenvalue weighted by Gasteiger charge is 2.16. The third-order valence-corrected chi connectivity index (χ3v) is 3.36. The van der Waals surface area contributed by atoms with Crippen molar-refractivity contribution in [3.8, 4) is 0 Å². The molecule has 1 unspecified atom stereocenters. The first kappa shape index (κ1) is 12.6. The number of hydrogen-bond donors (Lipinski definition) is 2. The third-order valence-electron chi connectivity index (χ3n) is 3.36. The Balaban J connectivity index is 2.17. The maximum absolute atomic E-state index is 13.4. The van der Waals surface area contributed by atoms with Crippen molar-refractivity contribution in [3.05, 3.63) is 71.8 Å². The summed E-state index contributed by atoms with van der Waals surface area (Å²) >= 11 is 0. The number of aliphatic hydroxyl groups is 1. The normalized spacial score (nSPS) is 12.5. The maximum atomic E-state index is 13.4. The molecule has 0 aliphatic carbocycles. The molecule has 3 nitrogen and oxygen atoms in total. The minimum absolute atomic E-state index is 0.361. The number of halogens is 1. The number of hydrogen-bond acceptors (Lipinski definition) is 3. The van der Waals surface area contributed by atoms with Crippen LogP contribution in [0.1, 0.15) is 17.2 Å². The number of benzene rings is 2. The van der Waals surface area contributed by atoms with Gasteiger partial charge in [-0.25, -0.2) is 4.39 Å². The van der Waals surface area contributed by atoms with Crippen LogP contribution < -0.4 is 5.73 Å². The highest BCUT2D eigenvalue weighted by atomic mass is 19.1. The Morgan fingerprint density at radius 2 is 1.95 bits per heavy atom. The number of nitrogens with two attached hydrogens (primary N) is 1. The summed E-state index contributed by atoms with van der Waals surface area (Å²) in [6.07, 6.45) is 2.39. The molecule has 1 heterocycles. The van der Waals surface area contributed by atoms with Crippen LogP contribution in [-0.2, 0) is 0 Å². The summed E-state index contributed by atoms with van der Waals surface area (Å²) in [6.45, 7) is 0. The van der Waals surface area contributed by atoms with Gasteiger partial charge < -0.3 is 10.8 Å². The molecule has 0 aliphatic heterocycles. The zero-order valence-electron chi connectivity index (χ0n) is 10.6. The molecule has 4 heteroatoms. The molecule has 3 rings (SSSR count). The summed E-state index contributed by atoms with van der Waals surface area (Å²) < 4.78 is 13.4. The highest BCUT2D eigenvalue weighted by molar-refractivity contribution is 5.85. The van der Waals surface area contributed by atoms with Crippen molar-refractivity contribution >= 4 is 16.5 Å². The number of pyridine rings is 1. The molecule has 1 aromatic heterocycles. The lowest BCUT2D eigenvalue weighted by molar-refractivity contribution is 0.222. The first-order chi connectivity index (χ1) is 9.66. The van der Waals surface area contributed by atoms with Crippen molar-refractivity contribution in [1.29, 1.82) is 0 Å². The minimum Gasteiger partial charge on any atom is -0.398 e. The Morgan fingerprint density at radius 3 is 2.80 bits per heavy atom. The Hall–Kier alpha value is -2.46. The molecule has 100 valence electrons. The van der Waals surface area contributed by atoms with Gasteiger partial charge in [-0.05, 0) is 35.2 Å². The molecule has 20 heavy (non-hydrogen) atoms. The standard InChI is InChI=1S/C16H13FN2O/c17-11-4-5-15(18)13(8-11)16(20)12-3-1-2-10-6-7-19-9-14(10)12/h1-9,16,20H,18H2. The first-order valence-corrected chi connectivity index (χ1v) is 6.22. The Morgan fingerprint density at radius 1 is 1.10 bits per heavy atom. The molecule has 0 bridgehead atoms. The molecular formula is C16H13FN2O. The molecule has 0 amide bonds. The third kappa shape index (κ3) is 2.10. The zero-order chi connectivity index (χ0) is 14.1. The van der Waals surface area contributed by atoms with Crippen LogP contribution in [0.2, 0.25) is 0 Å². The molecule has 0 aliphatic rings. The fourth-order valence-corrected chi connectivity index (χ4v) is 2.33. The molecule has 1 atom stereocenters. The van der Waals surface area contributed by atoms with Gasteiger partial charge in [-0.1, -0.05) is 18.2 Å². The average molecular weight is 268 g/mol. The second-order valence-corrected chi connectivity index (χ2v) is 4.62. The molecule has 3 aromatic rings. The van der Waals surface area contributed by atoms with Crippen molar-refractivity contribution in [2.45, 2.75) is 6.10 Å². The molecule has 0 saturated carbocycles. The van der Waals surface area contributed by atoms with Gasteiger partial charge in [0.2, 0.25) is 0 Å². The average Bonchev–Trinajstić information content (AvgIpc) is 2.48. The van der Waals surface area contributed by atoms with Crippen molar-refractivity contribution < 1.29 is 9.50 Å². The topological polar surface area (TPSA) is 59.1 Å². The summed E-state index contributed by atoms with van der Waals surface area (Å²) in [5, 5.41) is 12.3. The Labute approximate surface area is 115 Å². The van der Waals surface area contributed by atoms with E-state index >= 15 is 0 Å². The SMILES string of the molecule is Nc1ccc(F)cc1C(O)c1cccc2ccncc12. The van der Waals surface area contributed by atoms with Gasteiger partial charge in [-0.15, -0.1) is 0 Å². The highest BCUT2D eigenvalue weighted by Crippen LogP contribution is 2.31. The Bertz CT molecular complexity index is 768. The summed E-state index contributed by atoms with van der Waals surface area (Å²) in [5.74, 6) is -0.424. The second-order valence-electron chi connectivity index (χ2n) is 4.62. The summed E-state index contributed by atoms with van der Waals surface area (Å²) in [5.41, 5.74) is 7.21. The number of aliphatic hydroxyl groups excluding tert-OH is 1. The van der Waals surface area contributed by atoms with Gasteiger partial charge in [-0.3, -0.25) is 4.98 Å². The number of nitrogens with zero attached hydrogens (tertiary/aromatic N) is 1. The van der Waals surface area contributed by atoms with Crippen molar-refractivity contribution in [3.63, 3.8) is 0 Å². The van der Waals surface area contributed by atoms with Gasteiger partial charge in [0, 0.05) is 29.0 Å². The Kier molecular flexibility index (Phi) is 3.08. The van der Waals surface area contributed by atoms with E-state index in [9.17, 15) is 9.50 Å². The summed E-state index contributed by atoms with van der Waals surface area (Å²) in [6, 6.07) is 11.4. The van der Waals surface area contributed by atoms with Gasteiger partial charge in [0.25, 0.3) is 0 Å². The van der Waals surface area contributed by atoms with Crippen LogP contribution in [0.25, 0.3) is 10.8 Å². The van der Waals surface area contributed by atoms with Crippen LogP contribution in [0.4, 0.5) is 10.1 Å². The molecule has 0 radical (unpaired) electrons. The second kappa shape index (κ2) is 4.90. The largest absolute Gasteiger partial charge is 0.398 e. The van der Waals surface area contributed by atoms with Crippen LogP contribution in [-0.4, -0.2) is 10.1 Å². The van der Waals surface area contributed by atoms with E-state index in [0.29, 0.717) is 16.8 Å². The molecule has 3 N–H and O–H groups in total. The van der Waals surface area contributed by atoms with Gasteiger partial charge in [0.05, 0.1) is 0 Å². The monoisotopic (exact) mass is 268 g/mol. The van der Waals surface area contributed by atoms with E-state index in [4.69, 9.17) is 5.73 Å². The van der Waals surface area contributed by atoms with Crippen LogP contribution in [0.15, 0.2) is 54.9 Å². The molecule has 0 spiro atoms. The number of aromatic nitrogens is 1. The fraction of sp³-hybridized carbons (Fsp3) is 0.0625. The lowest BCUT2D eigenvalue weighted by Crippen LogP contribution is -2.05. The van der Waals surface area contributed by atoms with Crippen LogP contribution >= 0.6 is 0 Å². The quantitative estimate of drug-likeness (QED) is 0.702. The van der Waals surface area contributed by atoms with Crippen LogP contribution in [0.3, 0.4) is 0 Å². The molecule has 0 fully saturated rings. The fourth-order valence-electron chi connectivity index (χ4n) is 2.33. The predicted molar refractivity (Wildman–Crippen MR) is 76.6 cm³/mol. The van der Waals surface area contributed by atoms with Gasteiger partial charge in [-0.2, -0.15) is 0 Å². The van der Waals surface area contributed by atoms with Gasteiger partial charge >= 0.3 is 0 Å². The lowest BCUT2D eigenvalue weighted by atomic mass is 9.96. The zero-order valence-corrected chi connectivity index (χ0v) is 10.6. The first-order valence-electron chi connectivity index (χ1n) is 6.22. The molecule has 0 saturated heterocycles. The van der Waals surface area contributed by atoms with E-state index in [2.05, 4.69) is 4.98 Å². The van der Waals surface area contributed by atoms with Crippen LogP contribution in [0, 0.1) is 5.82 Å². The maximum Gasteiger partial charge on any atom is 0.123 e.